The molecule has 0 spiro atoms. The van der Waals surface area contributed by atoms with Gasteiger partial charge in [0.1, 0.15) is 11.6 Å². The monoisotopic (exact) mass is 455 g/mol. The van der Waals surface area contributed by atoms with Crippen LogP contribution in [0.3, 0.4) is 0 Å². The first-order valence-electron chi connectivity index (χ1n) is 11.3. The Hall–Kier alpha value is -3.84. The van der Waals surface area contributed by atoms with E-state index in [4.69, 9.17) is 4.98 Å². The van der Waals surface area contributed by atoms with Crippen LogP contribution in [0.15, 0.2) is 72.9 Å². The van der Waals surface area contributed by atoms with Crippen LogP contribution in [-0.4, -0.2) is 54.0 Å². The summed E-state index contributed by atoms with van der Waals surface area (Å²) < 4.78 is 13.5. The Balaban J connectivity index is 1.28. The molecule has 1 aliphatic rings. The van der Waals surface area contributed by atoms with Gasteiger partial charge in [0.15, 0.2) is 0 Å². The van der Waals surface area contributed by atoms with Crippen molar-refractivity contribution >= 4 is 28.4 Å². The summed E-state index contributed by atoms with van der Waals surface area (Å²) in [6, 6.07) is 19.6. The average molecular weight is 456 g/mol. The summed E-state index contributed by atoms with van der Waals surface area (Å²) in [4.78, 5) is 26.6. The Morgan fingerprint density at radius 3 is 2.59 bits per heavy atom. The van der Waals surface area contributed by atoms with Gasteiger partial charge in [-0.2, -0.15) is 0 Å². The summed E-state index contributed by atoms with van der Waals surface area (Å²) >= 11 is 0. The Morgan fingerprint density at radius 1 is 1.03 bits per heavy atom. The maximum Gasteiger partial charge on any atom is 0.255 e. The lowest BCUT2D eigenvalue weighted by Crippen LogP contribution is -2.31. The molecule has 1 fully saturated rings. The molecule has 172 valence electrons. The van der Waals surface area contributed by atoms with Crippen LogP contribution in [-0.2, 0) is 0 Å². The van der Waals surface area contributed by atoms with E-state index >= 15 is 0 Å². The third-order valence-corrected chi connectivity index (χ3v) is 6.31. The number of hydrogen-bond donors (Lipinski definition) is 1. The fourth-order valence-corrected chi connectivity index (χ4v) is 4.29. The zero-order valence-corrected chi connectivity index (χ0v) is 19.2. The highest BCUT2D eigenvalue weighted by atomic mass is 19.1. The van der Waals surface area contributed by atoms with Gasteiger partial charge in [-0.15, -0.1) is 0 Å². The van der Waals surface area contributed by atoms with Crippen molar-refractivity contribution in [1.82, 2.24) is 14.9 Å². The van der Waals surface area contributed by atoms with Crippen molar-refractivity contribution in [3.05, 3.63) is 84.3 Å². The lowest BCUT2D eigenvalue weighted by molar-refractivity contribution is 0.102. The van der Waals surface area contributed by atoms with Gasteiger partial charge >= 0.3 is 0 Å². The van der Waals surface area contributed by atoms with Crippen LogP contribution in [0.25, 0.3) is 22.2 Å². The second kappa shape index (κ2) is 9.19. The highest BCUT2D eigenvalue weighted by Gasteiger charge is 2.25. The van der Waals surface area contributed by atoms with Crippen molar-refractivity contribution in [3.63, 3.8) is 0 Å². The molecule has 3 aromatic carbocycles. The molecule has 2 heterocycles. The quantitative estimate of drug-likeness (QED) is 0.467. The summed E-state index contributed by atoms with van der Waals surface area (Å²) in [7, 11) is 4.21. The number of carbonyl (C=O) groups is 1. The van der Waals surface area contributed by atoms with Crippen LogP contribution in [0.2, 0.25) is 0 Å². The maximum atomic E-state index is 13.5. The summed E-state index contributed by atoms with van der Waals surface area (Å²) in [6.07, 6.45) is 2.91. The second-order valence-electron chi connectivity index (χ2n) is 8.83. The zero-order chi connectivity index (χ0) is 23.7. The van der Waals surface area contributed by atoms with E-state index in [1.807, 2.05) is 36.4 Å². The number of anilines is 2. The lowest BCUT2D eigenvalue weighted by atomic mass is 10.0. The van der Waals surface area contributed by atoms with Gasteiger partial charge in [-0.25, -0.2) is 9.37 Å². The number of hydrogen-bond acceptors (Lipinski definition) is 5. The molecule has 4 aromatic rings. The molecular weight excluding hydrogens is 429 g/mol. The van der Waals surface area contributed by atoms with Crippen molar-refractivity contribution in [2.75, 3.05) is 37.4 Å². The van der Waals surface area contributed by atoms with Crippen LogP contribution in [0.5, 0.6) is 0 Å². The topological polar surface area (TPSA) is 61.4 Å². The minimum atomic E-state index is -0.288. The van der Waals surface area contributed by atoms with E-state index in [1.165, 1.54) is 12.1 Å². The first kappa shape index (κ1) is 22.0. The molecule has 34 heavy (non-hydrogen) atoms. The van der Waals surface area contributed by atoms with Crippen molar-refractivity contribution in [2.24, 2.45) is 0 Å². The minimum absolute atomic E-state index is 0.221. The first-order valence-corrected chi connectivity index (χ1v) is 11.3. The minimum Gasteiger partial charge on any atom is -0.354 e. The number of likely N-dealkylation sites (N-methyl/N-ethyl adjacent to an activating group) is 1. The average Bonchev–Trinajstić information content (AvgIpc) is 3.35. The smallest absolute Gasteiger partial charge is 0.255 e. The number of aromatic nitrogens is 2. The van der Waals surface area contributed by atoms with Gasteiger partial charge in [0, 0.05) is 30.4 Å². The van der Waals surface area contributed by atoms with E-state index in [0.717, 1.165) is 47.5 Å². The molecule has 1 N–H and O–H groups in total. The van der Waals surface area contributed by atoms with Crippen molar-refractivity contribution in [3.8, 4) is 11.1 Å². The molecule has 7 heteroatoms. The predicted molar refractivity (Wildman–Crippen MR) is 134 cm³/mol. The SMILES string of the molecule is CN(C)[C@H]1CCN(c2cnc3cc(NC(=O)c4ccc(-c5cccc(F)c5)cc4)ccc3n2)C1. The van der Waals surface area contributed by atoms with Crippen LogP contribution in [0.4, 0.5) is 15.9 Å². The Labute approximate surface area is 198 Å². The van der Waals surface area contributed by atoms with E-state index in [0.29, 0.717) is 17.3 Å². The van der Waals surface area contributed by atoms with E-state index < -0.39 is 0 Å². The number of nitrogens with zero attached hydrogens (tertiary/aromatic N) is 4. The fourth-order valence-electron chi connectivity index (χ4n) is 4.29. The first-order chi connectivity index (χ1) is 16.5. The highest BCUT2D eigenvalue weighted by molar-refractivity contribution is 6.05. The number of benzene rings is 3. The van der Waals surface area contributed by atoms with E-state index in [2.05, 4.69) is 34.2 Å². The number of halogens is 1. The van der Waals surface area contributed by atoms with Gasteiger partial charge in [0.2, 0.25) is 0 Å². The molecule has 1 amide bonds. The van der Waals surface area contributed by atoms with Crippen LogP contribution >= 0.6 is 0 Å². The molecule has 0 bridgehead atoms. The standard InChI is InChI=1S/C27H26FN5O/c1-32(2)23-12-13-33(17-23)26-16-29-25-15-22(10-11-24(25)31-26)30-27(34)19-8-6-18(7-9-19)20-4-3-5-21(28)14-20/h3-11,14-16,23H,12-13,17H2,1-2H3,(H,30,34)/t23-/m0/s1. The van der Waals surface area contributed by atoms with E-state index in [9.17, 15) is 9.18 Å². The van der Waals surface area contributed by atoms with Gasteiger partial charge < -0.3 is 15.1 Å². The summed E-state index contributed by atoms with van der Waals surface area (Å²) in [6.45, 7) is 1.91. The molecule has 1 saturated heterocycles. The molecule has 1 atom stereocenters. The largest absolute Gasteiger partial charge is 0.354 e. The molecule has 6 nitrogen and oxygen atoms in total. The summed E-state index contributed by atoms with van der Waals surface area (Å²) in [5.41, 5.74) is 4.32. The van der Waals surface area contributed by atoms with Gasteiger partial charge in [-0.3, -0.25) is 9.78 Å². The van der Waals surface area contributed by atoms with Gasteiger partial charge in [-0.1, -0.05) is 24.3 Å². The van der Waals surface area contributed by atoms with Crippen molar-refractivity contribution in [2.45, 2.75) is 12.5 Å². The Bertz CT molecular complexity index is 1340. The Morgan fingerprint density at radius 2 is 1.85 bits per heavy atom. The number of carbonyl (C=O) groups excluding carboxylic acids is 1. The Kier molecular flexibility index (Phi) is 5.94. The maximum absolute atomic E-state index is 13.5. The molecular formula is C27H26FN5O. The number of amides is 1. The van der Waals surface area contributed by atoms with Crippen LogP contribution in [0, 0.1) is 5.82 Å². The van der Waals surface area contributed by atoms with Crippen LogP contribution < -0.4 is 10.2 Å². The number of nitrogens with one attached hydrogen (secondary N) is 1. The molecule has 0 radical (unpaired) electrons. The molecule has 5 rings (SSSR count). The van der Waals surface area contributed by atoms with Crippen LogP contribution in [0.1, 0.15) is 16.8 Å². The fraction of sp³-hybridized carbons (Fsp3) is 0.222. The highest BCUT2D eigenvalue weighted by Crippen LogP contribution is 2.24. The number of rotatable bonds is 5. The molecule has 0 unspecified atom stereocenters. The summed E-state index contributed by atoms with van der Waals surface area (Å²) in [5, 5.41) is 2.92. The second-order valence-corrected chi connectivity index (χ2v) is 8.83. The van der Waals surface area contributed by atoms with E-state index in [-0.39, 0.29) is 11.7 Å². The third kappa shape index (κ3) is 4.61. The molecule has 1 aliphatic heterocycles. The lowest BCUT2D eigenvalue weighted by Gasteiger charge is -2.21. The normalized spacial score (nSPS) is 15.8. The zero-order valence-electron chi connectivity index (χ0n) is 19.2. The predicted octanol–water partition coefficient (Wildman–Crippen LogP) is 4.83. The molecule has 0 saturated carbocycles. The van der Waals surface area contributed by atoms with Crippen molar-refractivity contribution in [1.29, 1.82) is 0 Å². The van der Waals surface area contributed by atoms with Gasteiger partial charge in [0.25, 0.3) is 5.91 Å². The van der Waals surface area contributed by atoms with Crippen molar-refractivity contribution < 1.29 is 9.18 Å². The third-order valence-electron chi connectivity index (χ3n) is 6.31. The van der Waals surface area contributed by atoms with E-state index in [1.54, 1.807) is 24.4 Å². The van der Waals surface area contributed by atoms with Gasteiger partial charge in [-0.05, 0) is 74.1 Å². The summed E-state index contributed by atoms with van der Waals surface area (Å²) in [5.74, 6) is 0.373. The number of fused-ring (bicyclic) bond motifs is 1. The van der Waals surface area contributed by atoms with Gasteiger partial charge in [0.05, 0.1) is 17.2 Å². The molecule has 0 aliphatic carbocycles. The molecule has 1 aromatic heterocycles.